The fraction of sp³-hybridized carbons (Fsp3) is 0.152. The molecule has 2 aliphatic heterocycles. The summed E-state index contributed by atoms with van der Waals surface area (Å²) < 4.78 is 31.0. The maximum atomic E-state index is 13.8. The number of rotatable bonds is 6. The summed E-state index contributed by atoms with van der Waals surface area (Å²) in [5.74, 6) is 1.09. The van der Waals surface area contributed by atoms with E-state index in [0.29, 0.717) is 52.8 Å². The van der Waals surface area contributed by atoms with Crippen LogP contribution in [0.15, 0.2) is 96.8 Å². The maximum Gasteiger partial charge on any atom is 0.294 e. The number of anilines is 1. The van der Waals surface area contributed by atoms with Crippen LogP contribution in [0.4, 0.5) is 10.1 Å². The Morgan fingerprint density at radius 1 is 0.927 bits per heavy atom. The van der Waals surface area contributed by atoms with Gasteiger partial charge in [-0.2, -0.15) is 0 Å². The first-order valence-corrected chi connectivity index (χ1v) is 13.3. The Bertz CT molecular complexity index is 1650. The summed E-state index contributed by atoms with van der Waals surface area (Å²) in [6.45, 7) is 3.11. The third kappa shape index (κ3) is 5.63. The number of nitrogens with zero attached hydrogens (tertiary/aromatic N) is 1. The largest absolute Gasteiger partial charge is 0.486 e. The van der Waals surface area contributed by atoms with Crippen molar-refractivity contribution in [3.05, 3.63) is 125 Å². The Morgan fingerprint density at radius 3 is 2.51 bits per heavy atom. The van der Waals surface area contributed by atoms with Crippen LogP contribution in [-0.4, -0.2) is 25.0 Å². The molecule has 0 radical (unpaired) electrons. The number of carbonyl (C=O) groups excluding carboxylic acids is 2. The number of ether oxygens (including phenoxy) is 3. The van der Waals surface area contributed by atoms with E-state index in [9.17, 15) is 14.0 Å². The summed E-state index contributed by atoms with van der Waals surface area (Å²) in [4.78, 5) is 28.0. The van der Waals surface area contributed by atoms with Crippen LogP contribution in [0.1, 0.15) is 40.0 Å². The Balaban J connectivity index is 1.18. The second kappa shape index (κ2) is 11.2. The van der Waals surface area contributed by atoms with Gasteiger partial charge in [-0.05, 0) is 78.2 Å². The third-order valence-corrected chi connectivity index (χ3v) is 6.95. The molecule has 6 rings (SSSR count). The number of halogens is 1. The molecule has 0 aliphatic carbocycles. The molecule has 2 heterocycles. The highest BCUT2D eigenvalue weighted by Gasteiger charge is 2.30. The number of carbonyl (C=O) groups is 2. The second-order valence-electron chi connectivity index (χ2n) is 9.82. The van der Waals surface area contributed by atoms with E-state index in [0.717, 1.165) is 5.56 Å². The molecule has 0 aromatic heterocycles. The lowest BCUT2D eigenvalue weighted by molar-refractivity contribution is -0.117. The summed E-state index contributed by atoms with van der Waals surface area (Å²) >= 11 is 0. The Morgan fingerprint density at radius 2 is 1.71 bits per heavy atom. The van der Waals surface area contributed by atoms with E-state index < -0.39 is 0 Å². The molecule has 206 valence electrons. The number of hydrogen-bond donors (Lipinski definition) is 1. The highest BCUT2D eigenvalue weighted by atomic mass is 19.1. The zero-order valence-electron chi connectivity index (χ0n) is 22.3. The number of amides is 2. The average molecular weight is 551 g/mol. The van der Waals surface area contributed by atoms with E-state index in [1.165, 1.54) is 12.1 Å². The van der Waals surface area contributed by atoms with E-state index in [4.69, 9.17) is 14.2 Å². The van der Waals surface area contributed by atoms with Crippen molar-refractivity contribution in [1.29, 1.82) is 0 Å². The highest BCUT2D eigenvalue weighted by Crippen LogP contribution is 2.37. The number of nitrogens with one attached hydrogen (secondary N) is 1. The van der Waals surface area contributed by atoms with E-state index in [1.807, 2.05) is 37.3 Å². The first-order valence-electron chi connectivity index (χ1n) is 13.3. The van der Waals surface area contributed by atoms with Crippen LogP contribution in [0.2, 0.25) is 0 Å². The lowest BCUT2D eigenvalue weighted by Crippen LogP contribution is -2.36. The summed E-state index contributed by atoms with van der Waals surface area (Å²) in [5.41, 5.74) is 3.34. The van der Waals surface area contributed by atoms with Crippen molar-refractivity contribution in [2.45, 2.75) is 19.5 Å². The van der Waals surface area contributed by atoms with Gasteiger partial charge in [0.15, 0.2) is 23.0 Å². The molecule has 0 saturated heterocycles. The van der Waals surface area contributed by atoms with Gasteiger partial charge in [0.05, 0.1) is 18.3 Å². The quantitative estimate of drug-likeness (QED) is 0.296. The van der Waals surface area contributed by atoms with Crippen molar-refractivity contribution in [1.82, 2.24) is 5.32 Å². The first-order chi connectivity index (χ1) is 19.9. The van der Waals surface area contributed by atoms with Gasteiger partial charge in [-0.1, -0.05) is 42.5 Å². The number of para-hydroxylation sites is 2. The smallest absolute Gasteiger partial charge is 0.294 e. The van der Waals surface area contributed by atoms with Gasteiger partial charge < -0.3 is 19.5 Å². The molecular formula is C33H27FN2O5. The van der Waals surface area contributed by atoms with Gasteiger partial charge in [-0.3, -0.25) is 14.5 Å². The van der Waals surface area contributed by atoms with Crippen LogP contribution < -0.4 is 24.4 Å². The van der Waals surface area contributed by atoms with Crippen LogP contribution in [0.5, 0.6) is 17.2 Å². The zero-order chi connectivity index (χ0) is 28.3. The molecule has 4 aromatic rings. The lowest BCUT2D eigenvalue weighted by atomic mass is 10.1. The van der Waals surface area contributed by atoms with E-state index in [-0.39, 0.29) is 36.0 Å². The van der Waals surface area contributed by atoms with E-state index >= 15 is 0 Å². The van der Waals surface area contributed by atoms with Crippen LogP contribution in [0.25, 0.3) is 6.08 Å². The van der Waals surface area contributed by atoms with E-state index in [1.54, 1.807) is 59.5 Å². The lowest BCUT2D eigenvalue weighted by Gasteiger charge is -2.30. The molecule has 8 heteroatoms. The summed E-state index contributed by atoms with van der Waals surface area (Å²) in [6, 6.07) is 25.7. The van der Waals surface area contributed by atoms with Crippen molar-refractivity contribution in [2.75, 3.05) is 18.1 Å². The minimum atomic E-state index is -0.364. The van der Waals surface area contributed by atoms with Crippen LogP contribution in [0.3, 0.4) is 0 Å². The van der Waals surface area contributed by atoms with Crippen molar-refractivity contribution in [2.24, 2.45) is 0 Å². The van der Waals surface area contributed by atoms with Gasteiger partial charge in [0.25, 0.3) is 11.8 Å². The Labute approximate surface area is 236 Å². The van der Waals surface area contributed by atoms with Crippen molar-refractivity contribution < 1.29 is 28.2 Å². The monoisotopic (exact) mass is 550 g/mol. The minimum absolute atomic E-state index is 0.129. The molecule has 7 nitrogen and oxygen atoms in total. The normalized spacial score (nSPS) is 15.6. The van der Waals surface area contributed by atoms with Crippen molar-refractivity contribution in [3.8, 4) is 17.2 Å². The van der Waals surface area contributed by atoms with Gasteiger partial charge in [0.1, 0.15) is 19.0 Å². The van der Waals surface area contributed by atoms with Gasteiger partial charge in [-0.25, -0.2) is 4.39 Å². The molecule has 41 heavy (non-hydrogen) atoms. The highest BCUT2D eigenvalue weighted by molar-refractivity contribution is 6.09. The zero-order valence-corrected chi connectivity index (χ0v) is 22.3. The molecule has 1 N–H and O–H groups in total. The molecule has 0 spiro atoms. The molecule has 4 aromatic carbocycles. The molecule has 0 saturated carbocycles. The summed E-state index contributed by atoms with van der Waals surface area (Å²) in [6.07, 6.45) is 1.64. The molecule has 2 aliphatic rings. The van der Waals surface area contributed by atoms with Gasteiger partial charge >= 0.3 is 0 Å². The minimum Gasteiger partial charge on any atom is -0.486 e. The molecule has 2 amide bonds. The van der Waals surface area contributed by atoms with Crippen LogP contribution in [-0.2, 0) is 11.3 Å². The summed E-state index contributed by atoms with van der Waals surface area (Å²) in [7, 11) is 0. The van der Waals surface area contributed by atoms with Gasteiger partial charge in [-0.15, -0.1) is 0 Å². The van der Waals surface area contributed by atoms with Crippen molar-refractivity contribution >= 4 is 23.6 Å². The van der Waals surface area contributed by atoms with Crippen LogP contribution >= 0.6 is 0 Å². The Hall–Kier alpha value is -5.11. The first kappa shape index (κ1) is 26.1. The molecular weight excluding hydrogens is 523 g/mol. The summed E-state index contributed by atoms with van der Waals surface area (Å²) in [5, 5.41) is 3.01. The predicted molar refractivity (Wildman–Crippen MR) is 152 cm³/mol. The maximum absolute atomic E-state index is 13.8. The van der Waals surface area contributed by atoms with Crippen molar-refractivity contribution in [3.63, 3.8) is 0 Å². The predicted octanol–water partition coefficient (Wildman–Crippen LogP) is 6.05. The topological polar surface area (TPSA) is 77.1 Å². The number of fused-ring (bicyclic) bond motifs is 2. The standard InChI is InChI=1S/C33H27FN2O5/c1-21(25-13-14-29-30(19-25)40-16-15-39-29)35-32(37)24-11-9-22(10-12-24)18-31-33(38)36(20-23-5-4-6-26(34)17-23)27-7-2-3-8-28(27)41-31/h2-14,17-19,21H,15-16,20H2,1H3,(H,35,37)/b31-18-/t21-/m1/s1. The molecule has 0 fully saturated rings. The average Bonchev–Trinajstić information content (AvgIpc) is 2.99. The molecule has 0 bridgehead atoms. The Kier molecular flexibility index (Phi) is 7.12. The van der Waals surface area contributed by atoms with Gasteiger partial charge in [0.2, 0.25) is 0 Å². The van der Waals surface area contributed by atoms with Gasteiger partial charge in [0, 0.05) is 5.56 Å². The van der Waals surface area contributed by atoms with E-state index in [2.05, 4.69) is 5.32 Å². The number of hydrogen-bond acceptors (Lipinski definition) is 5. The second-order valence-corrected chi connectivity index (χ2v) is 9.82. The fourth-order valence-corrected chi connectivity index (χ4v) is 4.81. The molecule has 0 unspecified atom stereocenters. The number of benzene rings is 4. The van der Waals surface area contributed by atoms with Crippen LogP contribution in [0, 0.1) is 5.82 Å². The SMILES string of the molecule is C[C@@H](NC(=O)c1ccc(/C=C2\Oc3ccccc3N(Cc3cccc(F)c3)C2=O)cc1)c1ccc2c(c1)OCCO2. The fourth-order valence-electron chi connectivity index (χ4n) is 4.81. The third-order valence-electron chi connectivity index (χ3n) is 6.95. The molecule has 1 atom stereocenters.